The van der Waals surface area contributed by atoms with Crippen molar-refractivity contribution in [1.82, 2.24) is 0 Å². The Morgan fingerprint density at radius 2 is 1.36 bits per heavy atom. The molecule has 130 valence electrons. The Bertz CT molecular complexity index is 426. The molecule has 0 aromatic rings. The fourth-order valence-electron chi connectivity index (χ4n) is 3.41. The molecule has 0 aromatic carbocycles. The van der Waals surface area contributed by atoms with E-state index in [1.165, 1.54) is 13.8 Å². The van der Waals surface area contributed by atoms with Gasteiger partial charge in [-0.25, -0.2) is 8.78 Å². The molecule has 2 rings (SSSR count). The highest BCUT2D eigenvalue weighted by Gasteiger charge is 2.74. The summed E-state index contributed by atoms with van der Waals surface area (Å²) < 4.78 is 111. The summed E-state index contributed by atoms with van der Waals surface area (Å²) in [6.45, 7) is 2.91. The van der Waals surface area contributed by atoms with Crippen LogP contribution in [0.3, 0.4) is 0 Å². The lowest BCUT2D eigenvalue weighted by Gasteiger charge is -2.41. The molecule has 2 bridgehead atoms. The van der Waals surface area contributed by atoms with Crippen LogP contribution in [0.15, 0.2) is 0 Å². The minimum absolute atomic E-state index is 0.0663. The Morgan fingerprint density at radius 1 is 0.909 bits per heavy atom. The maximum atomic E-state index is 14.2. The van der Waals surface area contributed by atoms with Crippen molar-refractivity contribution in [3.8, 4) is 0 Å². The van der Waals surface area contributed by atoms with Crippen molar-refractivity contribution in [3.05, 3.63) is 0 Å². The van der Waals surface area contributed by atoms with Gasteiger partial charge in [0.15, 0.2) is 5.41 Å². The molecular formula is C13H16F8O. The van der Waals surface area contributed by atoms with Gasteiger partial charge >= 0.3 is 12.4 Å². The van der Waals surface area contributed by atoms with Gasteiger partial charge in [-0.1, -0.05) is 13.8 Å². The normalized spacial score (nSPS) is 38.6. The molecule has 2 aliphatic rings. The van der Waals surface area contributed by atoms with Crippen LogP contribution in [-0.4, -0.2) is 30.5 Å². The fraction of sp³-hybridized carbons (Fsp3) is 1.00. The molecule has 0 aromatic heterocycles. The number of alkyl halides is 8. The highest BCUT2D eigenvalue weighted by Crippen LogP contribution is 2.61. The summed E-state index contributed by atoms with van der Waals surface area (Å²) in [5.41, 5.74) is -4.19. The third-order valence-corrected chi connectivity index (χ3v) is 5.28. The van der Waals surface area contributed by atoms with E-state index in [4.69, 9.17) is 4.74 Å². The van der Waals surface area contributed by atoms with Gasteiger partial charge in [-0.2, -0.15) is 26.3 Å². The molecule has 2 heterocycles. The standard InChI is InChI=1S/C13H16F8O/c1-5-6(2)9-11(14,15)7(8(5)22-9)4-10(3,12(16,17)18)13(19,20)21/h5-9H,4H2,1-3H3. The maximum absolute atomic E-state index is 14.2. The summed E-state index contributed by atoms with van der Waals surface area (Å²) in [6, 6.07) is 0. The Labute approximate surface area is 122 Å². The van der Waals surface area contributed by atoms with Gasteiger partial charge in [0.1, 0.15) is 6.10 Å². The van der Waals surface area contributed by atoms with E-state index in [1.54, 1.807) is 0 Å². The molecule has 9 heteroatoms. The second-order valence-electron chi connectivity index (χ2n) is 6.55. The Balaban J connectivity index is 2.36. The van der Waals surface area contributed by atoms with Gasteiger partial charge in [-0.3, -0.25) is 0 Å². The maximum Gasteiger partial charge on any atom is 0.402 e. The number of fused-ring (bicyclic) bond motifs is 2. The zero-order valence-electron chi connectivity index (χ0n) is 12.0. The molecule has 0 aliphatic carbocycles. The molecule has 0 saturated carbocycles. The molecule has 0 amide bonds. The molecule has 22 heavy (non-hydrogen) atoms. The second kappa shape index (κ2) is 4.70. The quantitative estimate of drug-likeness (QED) is 0.656. The zero-order valence-corrected chi connectivity index (χ0v) is 12.0. The number of halogens is 8. The van der Waals surface area contributed by atoms with Gasteiger partial charge < -0.3 is 4.74 Å². The van der Waals surface area contributed by atoms with E-state index in [0.717, 1.165) is 0 Å². The first-order valence-corrected chi connectivity index (χ1v) is 6.81. The first-order chi connectivity index (χ1) is 9.64. The van der Waals surface area contributed by atoms with Crippen LogP contribution in [-0.2, 0) is 4.74 Å². The molecular weight excluding hydrogens is 324 g/mol. The Hall–Kier alpha value is -0.600. The Morgan fingerprint density at radius 3 is 1.73 bits per heavy atom. The van der Waals surface area contributed by atoms with Crippen LogP contribution in [0.1, 0.15) is 27.2 Å². The van der Waals surface area contributed by atoms with Gasteiger partial charge in [-0.05, 0) is 25.2 Å². The van der Waals surface area contributed by atoms with Crippen molar-refractivity contribution in [2.75, 3.05) is 0 Å². The predicted octanol–water partition coefficient (Wildman–Crippen LogP) is 4.81. The summed E-state index contributed by atoms with van der Waals surface area (Å²) in [5, 5.41) is 0. The van der Waals surface area contributed by atoms with Gasteiger partial charge in [0.25, 0.3) is 5.92 Å². The topological polar surface area (TPSA) is 9.23 Å². The lowest BCUT2D eigenvalue weighted by molar-refractivity contribution is -0.343. The second-order valence-corrected chi connectivity index (χ2v) is 6.55. The number of hydrogen-bond donors (Lipinski definition) is 0. The molecule has 5 unspecified atom stereocenters. The summed E-state index contributed by atoms with van der Waals surface area (Å²) in [7, 11) is 0. The minimum atomic E-state index is -5.67. The monoisotopic (exact) mass is 340 g/mol. The van der Waals surface area contributed by atoms with E-state index < -0.39 is 60.1 Å². The summed E-state index contributed by atoms with van der Waals surface area (Å²) in [5.74, 6) is -6.93. The van der Waals surface area contributed by atoms with Crippen molar-refractivity contribution in [1.29, 1.82) is 0 Å². The van der Waals surface area contributed by atoms with E-state index >= 15 is 0 Å². The molecule has 2 aliphatic heterocycles. The molecule has 2 fully saturated rings. The number of rotatable bonds is 2. The average molecular weight is 340 g/mol. The van der Waals surface area contributed by atoms with Gasteiger partial charge in [0.2, 0.25) is 0 Å². The van der Waals surface area contributed by atoms with Crippen molar-refractivity contribution in [2.24, 2.45) is 23.2 Å². The lowest BCUT2D eigenvalue weighted by atomic mass is 9.67. The highest BCUT2D eigenvalue weighted by atomic mass is 19.4. The predicted molar refractivity (Wildman–Crippen MR) is 60.3 cm³/mol. The van der Waals surface area contributed by atoms with Crippen molar-refractivity contribution in [3.63, 3.8) is 0 Å². The molecule has 0 N–H and O–H groups in total. The minimum Gasteiger partial charge on any atom is -0.368 e. The van der Waals surface area contributed by atoms with E-state index in [2.05, 4.69) is 0 Å². The van der Waals surface area contributed by atoms with Crippen LogP contribution >= 0.6 is 0 Å². The van der Waals surface area contributed by atoms with Crippen molar-refractivity contribution < 1.29 is 39.9 Å². The smallest absolute Gasteiger partial charge is 0.368 e. The van der Waals surface area contributed by atoms with Crippen LogP contribution in [0.5, 0.6) is 0 Å². The number of ether oxygens (including phenoxy) is 1. The van der Waals surface area contributed by atoms with Crippen molar-refractivity contribution >= 4 is 0 Å². The van der Waals surface area contributed by atoms with Crippen molar-refractivity contribution in [2.45, 2.75) is 57.7 Å². The first kappa shape index (κ1) is 17.7. The van der Waals surface area contributed by atoms with Crippen LogP contribution in [0.2, 0.25) is 0 Å². The van der Waals surface area contributed by atoms with E-state index in [0.29, 0.717) is 0 Å². The van der Waals surface area contributed by atoms with E-state index in [1.807, 2.05) is 0 Å². The third kappa shape index (κ3) is 2.22. The zero-order chi connectivity index (χ0) is 17.3. The summed E-state index contributed by atoms with van der Waals surface area (Å²) in [4.78, 5) is 0. The van der Waals surface area contributed by atoms with Gasteiger partial charge in [-0.15, -0.1) is 0 Å². The van der Waals surface area contributed by atoms with Crippen LogP contribution < -0.4 is 0 Å². The first-order valence-electron chi connectivity index (χ1n) is 6.81. The van der Waals surface area contributed by atoms with Crippen LogP contribution in [0.25, 0.3) is 0 Å². The third-order valence-electron chi connectivity index (χ3n) is 5.28. The molecule has 0 spiro atoms. The average Bonchev–Trinajstić information content (AvgIpc) is 2.73. The summed E-state index contributed by atoms with van der Waals surface area (Å²) >= 11 is 0. The lowest BCUT2D eigenvalue weighted by Crippen LogP contribution is -2.54. The van der Waals surface area contributed by atoms with Gasteiger partial charge in [0.05, 0.1) is 12.0 Å². The largest absolute Gasteiger partial charge is 0.402 e. The molecule has 0 radical (unpaired) electrons. The molecule has 5 atom stereocenters. The van der Waals surface area contributed by atoms with Crippen LogP contribution in [0, 0.1) is 23.2 Å². The Kier molecular flexibility index (Phi) is 3.80. The van der Waals surface area contributed by atoms with Gasteiger partial charge in [0, 0.05) is 0 Å². The van der Waals surface area contributed by atoms with E-state index in [9.17, 15) is 35.1 Å². The van der Waals surface area contributed by atoms with Crippen LogP contribution in [0.4, 0.5) is 35.1 Å². The molecule has 1 nitrogen and oxygen atoms in total. The molecule has 2 saturated heterocycles. The summed E-state index contributed by atoms with van der Waals surface area (Å²) in [6.07, 6.45) is -16.0. The SMILES string of the molecule is CC1C(C)C2OC1C(CC(C)(C(F)(F)F)C(F)(F)F)C2(F)F. The highest BCUT2D eigenvalue weighted by molar-refractivity contribution is 5.10. The van der Waals surface area contributed by atoms with E-state index in [-0.39, 0.29) is 6.92 Å². The fourth-order valence-corrected chi connectivity index (χ4v) is 3.41. The number of hydrogen-bond acceptors (Lipinski definition) is 1.